The molecule has 1 rings (SSSR count). The number of hydrazine groups is 1. The largest absolute Gasteiger partial charge is 0.308 e. The van der Waals surface area contributed by atoms with E-state index in [0.29, 0.717) is 0 Å². The van der Waals surface area contributed by atoms with Crippen molar-refractivity contribution in [3.05, 3.63) is 23.4 Å². The van der Waals surface area contributed by atoms with E-state index in [1.807, 2.05) is 33.8 Å². The van der Waals surface area contributed by atoms with Crippen LogP contribution in [0.2, 0.25) is 0 Å². The molecule has 0 saturated heterocycles. The van der Waals surface area contributed by atoms with E-state index in [1.165, 1.54) is 5.56 Å². The van der Waals surface area contributed by atoms with Crippen LogP contribution in [-0.4, -0.2) is 4.98 Å². The van der Waals surface area contributed by atoms with Crippen LogP contribution in [0.3, 0.4) is 0 Å². The van der Waals surface area contributed by atoms with Crippen LogP contribution < -0.4 is 11.3 Å². The third kappa shape index (κ3) is 2.51. The van der Waals surface area contributed by atoms with Gasteiger partial charge in [-0.1, -0.05) is 13.8 Å². The van der Waals surface area contributed by atoms with Crippen molar-refractivity contribution in [2.24, 2.45) is 5.84 Å². The molecule has 1 aromatic rings. The van der Waals surface area contributed by atoms with Crippen molar-refractivity contribution in [3.63, 3.8) is 0 Å². The molecule has 0 aliphatic heterocycles. The van der Waals surface area contributed by atoms with E-state index in [2.05, 4.69) is 10.4 Å². The summed E-state index contributed by atoms with van der Waals surface area (Å²) in [5.41, 5.74) is 4.82. The lowest BCUT2D eigenvalue weighted by molar-refractivity contribution is 1.16. The van der Waals surface area contributed by atoms with Crippen LogP contribution in [-0.2, 0) is 0 Å². The van der Waals surface area contributed by atoms with Gasteiger partial charge >= 0.3 is 0 Å². The molecule has 3 nitrogen and oxygen atoms in total. The van der Waals surface area contributed by atoms with Crippen molar-refractivity contribution in [2.75, 3.05) is 5.43 Å². The SMILES string of the molecule is CC.Cc1ccnc(NN)c1C. The van der Waals surface area contributed by atoms with Gasteiger partial charge in [0.15, 0.2) is 0 Å². The van der Waals surface area contributed by atoms with Gasteiger partial charge in [-0.25, -0.2) is 10.8 Å². The second-order valence-electron chi connectivity index (χ2n) is 2.25. The zero-order valence-electron chi connectivity index (χ0n) is 8.18. The van der Waals surface area contributed by atoms with Crippen molar-refractivity contribution in [3.8, 4) is 0 Å². The Labute approximate surface area is 74.0 Å². The summed E-state index contributed by atoms with van der Waals surface area (Å²) in [6.45, 7) is 8.01. The standard InChI is InChI=1S/C7H11N3.C2H6/c1-5-3-4-9-7(10-8)6(5)2;1-2/h3-4H,8H2,1-2H3,(H,9,10);1-2H3. The molecule has 1 aromatic heterocycles. The number of hydrogen-bond donors (Lipinski definition) is 2. The number of anilines is 1. The Morgan fingerprint density at radius 2 is 1.92 bits per heavy atom. The summed E-state index contributed by atoms with van der Waals surface area (Å²) in [7, 11) is 0. The third-order valence-electron chi connectivity index (χ3n) is 1.61. The molecule has 3 N–H and O–H groups in total. The van der Waals surface area contributed by atoms with E-state index < -0.39 is 0 Å². The summed E-state index contributed by atoms with van der Waals surface area (Å²) in [6, 6.07) is 1.95. The maximum atomic E-state index is 5.21. The molecule has 0 aliphatic rings. The van der Waals surface area contributed by atoms with E-state index in [9.17, 15) is 0 Å². The molecule has 0 aliphatic carbocycles. The van der Waals surface area contributed by atoms with Gasteiger partial charge in [0, 0.05) is 6.20 Å². The van der Waals surface area contributed by atoms with E-state index in [0.717, 1.165) is 11.4 Å². The molecular formula is C9H17N3. The molecule has 3 heteroatoms. The van der Waals surface area contributed by atoms with Crippen LogP contribution in [0.1, 0.15) is 25.0 Å². The molecule has 12 heavy (non-hydrogen) atoms. The second-order valence-corrected chi connectivity index (χ2v) is 2.25. The minimum atomic E-state index is 0.750. The van der Waals surface area contributed by atoms with Crippen LogP contribution >= 0.6 is 0 Å². The molecule has 0 amide bonds. The molecule has 0 bridgehead atoms. The Morgan fingerprint density at radius 3 is 2.33 bits per heavy atom. The number of nitrogens with one attached hydrogen (secondary N) is 1. The first-order valence-electron chi connectivity index (χ1n) is 4.14. The molecule has 0 fully saturated rings. The fourth-order valence-corrected chi connectivity index (χ4v) is 0.778. The predicted molar refractivity (Wildman–Crippen MR) is 52.9 cm³/mol. The lowest BCUT2D eigenvalue weighted by Crippen LogP contribution is -2.10. The maximum Gasteiger partial charge on any atom is 0.143 e. The van der Waals surface area contributed by atoms with Crippen LogP contribution in [0, 0.1) is 13.8 Å². The van der Waals surface area contributed by atoms with Gasteiger partial charge in [0.25, 0.3) is 0 Å². The number of hydrogen-bond acceptors (Lipinski definition) is 3. The summed E-state index contributed by atoms with van der Waals surface area (Å²) >= 11 is 0. The van der Waals surface area contributed by atoms with Crippen LogP contribution in [0.5, 0.6) is 0 Å². The summed E-state index contributed by atoms with van der Waals surface area (Å²) in [5.74, 6) is 5.96. The van der Waals surface area contributed by atoms with Gasteiger partial charge in [-0.2, -0.15) is 0 Å². The first-order chi connectivity index (χ1) is 5.75. The fraction of sp³-hybridized carbons (Fsp3) is 0.444. The van der Waals surface area contributed by atoms with Crippen LogP contribution in [0.25, 0.3) is 0 Å². The highest BCUT2D eigenvalue weighted by Gasteiger charge is 1.97. The summed E-state index contributed by atoms with van der Waals surface area (Å²) in [4.78, 5) is 4.02. The van der Waals surface area contributed by atoms with E-state index in [4.69, 9.17) is 5.84 Å². The van der Waals surface area contributed by atoms with Crippen molar-refractivity contribution < 1.29 is 0 Å². The zero-order chi connectivity index (χ0) is 9.56. The monoisotopic (exact) mass is 167 g/mol. The Hall–Kier alpha value is -1.09. The number of rotatable bonds is 1. The third-order valence-corrected chi connectivity index (χ3v) is 1.61. The lowest BCUT2D eigenvalue weighted by atomic mass is 10.2. The van der Waals surface area contributed by atoms with Gasteiger partial charge in [-0.3, -0.25) is 0 Å². The number of aryl methyl sites for hydroxylation is 1. The normalized spacial score (nSPS) is 8.42. The number of aromatic nitrogens is 1. The van der Waals surface area contributed by atoms with Gasteiger partial charge in [-0.05, 0) is 31.0 Å². The predicted octanol–water partition coefficient (Wildman–Crippen LogP) is 2.01. The average molecular weight is 167 g/mol. The molecule has 68 valence electrons. The van der Waals surface area contributed by atoms with Crippen LogP contribution in [0.4, 0.5) is 5.82 Å². The van der Waals surface area contributed by atoms with Crippen LogP contribution in [0.15, 0.2) is 12.3 Å². The Morgan fingerprint density at radius 1 is 1.33 bits per heavy atom. The molecule has 0 saturated carbocycles. The number of nitrogens with zero attached hydrogens (tertiary/aromatic N) is 1. The number of nitrogens with two attached hydrogens (primary N) is 1. The molecule has 0 spiro atoms. The highest BCUT2D eigenvalue weighted by molar-refractivity contribution is 5.45. The van der Waals surface area contributed by atoms with Crippen molar-refractivity contribution in [1.29, 1.82) is 0 Å². The van der Waals surface area contributed by atoms with Crippen molar-refractivity contribution in [1.82, 2.24) is 4.98 Å². The first-order valence-corrected chi connectivity index (χ1v) is 4.14. The zero-order valence-corrected chi connectivity index (χ0v) is 8.18. The molecular weight excluding hydrogens is 150 g/mol. The smallest absolute Gasteiger partial charge is 0.143 e. The van der Waals surface area contributed by atoms with E-state index >= 15 is 0 Å². The van der Waals surface area contributed by atoms with Gasteiger partial charge < -0.3 is 5.43 Å². The Kier molecular flexibility index (Phi) is 5.04. The van der Waals surface area contributed by atoms with Gasteiger partial charge in [-0.15, -0.1) is 0 Å². The number of nitrogen functional groups attached to an aromatic ring is 1. The van der Waals surface area contributed by atoms with E-state index in [-0.39, 0.29) is 0 Å². The lowest BCUT2D eigenvalue weighted by Gasteiger charge is -2.04. The number of pyridine rings is 1. The quantitative estimate of drug-likeness (QED) is 0.497. The highest BCUT2D eigenvalue weighted by Crippen LogP contribution is 2.12. The first kappa shape index (κ1) is 10.9. The summed E-state index contributed by atoms with van der Waals surface area (Å²) in [5, 5.41) is 0. The van der Waals surface area contributed by atoms with Crippen molar-refractivity contribution >= 4 is 5.82 Å². The average Bonchev–Trinajstić information content (AvgIpc) is 2.13. The summed E-state index contributed by atoms with van der Waals surface area (Å²) < 4.78 is 0. The molecule has 0 unspecified atom stereocenters. The molecule has 0 atom stereocenters. The van der Waals surface area contributed by atoms with Gasteiger partial charge in [0.2, 0.25) is 0 Å². The topological polar surface area (TPSA) is 50.9 Å². The second kappa shape index (κ2) is 5.55. The Balaban J connectivity index is 0.000000561. The molecule has 0 aromatic carbocycles. The molecule has 0 radical (unpaired) electrons. The van der Waals surface area contributed by atoms with Gasteiger partial charge in [0.05, 0.1) is 0 Å². The van der Waals surface area contributed by atoms with Crippen molar-refractivity contribution in [2.45, 2.75) is 27.7 Å². The fourth-order valence-electron chi connectivity index (χ4n) is 0.778. The van der Waals surface area contributed by atoms with E-state index in [1.54, 1.807) is 6.20 Å². The summed E-state index contributed by atoms with van der Waals surface area (Å²) in [6.07, 6.45) is 1.73. The highest BCUT2D eigenvalue weighted by atomic mass is 15.2. The maximum absolute atomic E-state index is 5.21. The Bertz CT molecular complexity index is 233. The molecule has 1 heterocycles. The minimum absolute atomic E-state index is 0.750. The minimum Gasteiger partial charge on any atom is -0.308 e. The van der Waals surface area contributed by atoms with Gasteiger partial charge in [0.1, 0.15) is 5.82 Å².